The quantitative estimate of drug-likeness (QED) is 0.781. The average Bonchev–Trinajstić information content (AvgIpc) is 2.27. The van der Waals surface area contributed by atoms with Gasteiger partial charge in [0.15, 0.2) is 0 Å². The van der Waals surface area contributed by atoms with Crippen LogP contribution in [-0.2, 0) is 10.3 Å². The van der Waals surface area contributed by atoms with Crippen LogP contribution in [0.4, 0.5) is 0 Å². The van der Waals surface area contributed by atoms with Gasteiger partial charge < -0.3 is 10.5 Å². The number of primary amides is 1. The van der Waals surface area contributed by atoms with Crippen LogP contribution < -0.4 is 15.8 Å². The van der Waals surface area contributed by atoms with E-state index >= 15 is 0 Å². The van der Waals surface area contributed by atoms with Crippen LogP contribution in [0.1, 0.15) is 24.8 Å². The highest BCUT2D eigenvalue weighted by molar-refractivity contribution is 5.76. The van der Waals surface area contributed by atoms with Gasteiger partial charge in [0.25, 0.3) is 0 Å². The molecule has 0 aliphatic heterocycles. The van der Waals surface area contributed by atoms with Gasteiger partial charge in [0, 0.05) is 17.8 Å². The van der Waals surface area contributed by atoms with E-state index in [0.29, 0.717) is 5.88 Å². The zero-order valence-corrected chi connectivity index (χ0v) is 9.90. The maximum atomic E-state index is 10.9. The van der Waals surface area contributed by atoms with Crippen molar-refractivity contribution < 1.29 is 9.53 Å². The van der Waals surface area contributed by atoms with Crippen molar-refractivity contribution in [1.82, 2.24) is 10.3 Å². The molecule has 1 heterocycles. The molecule has 2 rings (SSSR count). The molecule has 0 unspecified atom stereocenters. The normalized spacial score (nSPS) is 17.2. The highest BCUT2D eigenvalue weighted by atomic mass is 16.5. The van der Waals surface area contributed by atoms with Gasteiger partial charge in [-0.25, -0.2) is 4.98 Å². The van der Waals surface area contributed by atoms with E-state index in [1.54, 1.807) is 13.3 Å². The van der Waals surface area contributed by atoms with Gasteiger partial charge in [-0.2, -0.15) is 0 Å². The van der Waals surface area contributed by atoms with Gasteiger partial charge in [0.05, 0.1) is 13.7 Å². The summed E-state index contributed by atoms with van der Waals surface area (Å²) >= 11 is 0. The predicted molar refractivity (Wildman–Crippen MR) is 63.5 cm³/mol. The lowest BCUT2D eigenvalue weighted by molar-refractivity contribution is -0.117. The number of hydrogen-bond donors (Lipinski definition) is 2. The van der Waals surface area contributed by atoms with E-state index in [2.05, 4.69) is 10.3 Å². The number of carbonyl (C=O) groups is 1. The Morgan fingerprint density at radius 2 is 2.41 bits per heavy atom. The Kier molecular flexibility index (Phi) is 3.28. The minimum absolute atomic E-state index is 0.134. The summed E-state index contributed by atoms with van der Waals surface area (Å²) in [5.74, 6) is 0.256. The lowest BCUT2D eigenvalue weighted by atomic mass is 9.72. The maximum Gasteiger partial charge on any atom is 0.231 e. The van der Waals surface area contributed by atoms with Crippen molar-refractivity contribution in [2.24, 2.45) is 5.73 Å². The standard InChI is InChI=1S/C12H17N3O2/c1-17-11-7-9(3-6-14-11)12(4-2-5-12)15-8-10(13)16/h3,6-7,15H,2,4-5,8H2,1H3,(H2,13,16). The number of aromatic nitrogens is 1. The second-order valence-electron chi connectivity index (χ2n) is 4.34. The second-order valence-corrected chi connectivity index (χ2v) is 4.34. The maximum absolute atomic E-state index is 10.9. The highest BCUT2D eigenvalue weighted by Crippen LogP contribution is 2.41. The first-order chi connectivity index (χ1) is 8.16. The van der Waals surface area contributed by atoms with E-state index in [1.807, 2.05) is 12.1 Å². The third-order valence-corrected chi connectivity index (χ3v) is 3.30. The minimum atomic E-state index is -0.336. The van der Waals surface area contributed by atoms with E-state index in [-0.39, 0.29) is 18.0 Å². The number of carbonyl (C=O) groups excluding carboxylic acids is 1. The SMILES string of the molecule is COc1cc(C2(NCC(N)=O)CCC2)ccn1. The first-order valence-electron chi connectivity index (χ1n) is 5.70. The zero-order chi connectivity index (χ0) is 12.3. The fourth-order valence-corrected chi connectivity index (χ4v) is 2.17. The van der Waals surface area contributed by atoms with E-state index in [0.717, 1.165) is 24.8 Å². The summed E-state index contributed by atoms with van der Waals surface area (Å²) in [4.78, 5) is 14.9. The average molecular weight is 235 g/mol. The zero-order valence-electron chi connectivity index (χ0n) is 9.90. The van der Waals surface area contributed by atoms with Gasteiger partial charge in [-0.15, -0.1) is 0 Å². The van der Waals surface area contributed by atoms with Crippen LogP contribution in [0.15, 0.2) is 18.3 Å². The Labute approximate surface area is 100 Å². The highest BCUT2D eigenvalue weighted by Gasteiger charge is 2.38. The molecule has 0 spiro atoms. The molecule has 0 radical (unpaired) electrons. The van der Waals surface area contributed by atoms with E-state index < -0.39 is 0 Å². The smallest absolute Gasteiger partial charge is 0.231 e. The summed E-state index contributed by atoms with van der Waals surface area (Å²) in [6.07, 6.45) is 4.89. The number of ether oxygens (including phenoxy) is 1. The molecular weight excluding hydrogens is 218 g/mol. The number of nitrogens with two attached hydrogens (primary N) is 1. The minimum Gasteiger partial charge on any atom is -0.481 e. The van der Waals surface area contributed by atoms with Crippen LogP contribution in [0.25, 0.3) is 0 Å². The van der Waals surface area contributed by atoms with Crippen LogP contribution in [0, 0.1) is 0 Å². The number of rotatable bonds is 5. The van der Waals surface area contributed by atoms with E-state index in [9.17, 15) is 4.79 Å². The van der Waals surface area contributed by atoms with Gasteiger partial charge in [0.1, 0.15) is 0 Å². The van der Waals surface area contributed by atoms with Crippen molar-refractivity contribution >= 4 is 5.91 Å². The van der Waals surface area contributed by atoms with Crippen LogP contribution >= 0.6 is 0 Å². The summed E-state index contributed by atoms with van der Waals surface area (Å²) in [6.45, 7) is 0.199. The third kappa shape index (κ3) is 2.39. The molecule has 1 aliphatic rings. The molecule has 1 fully saturated rings. The number of methoxy groups -OCH3 is 1. The predicted octanol–water partition coefficient (Wildman–Crippen LogP) is 0.544. The van der Waals surface area contributed by atoms with Gasteiger partial charge in [-0.3, -0.25) is 10.1 Å². The number of pyridine rings is 1. The fourth-order valence-electron chi connectivity index (χ4n) is 2.17. The van der Waals surface area contributed by atoms with Crippen LogP contribution in [0.5, 0.6) is 5.88 Å². The monoisotopic (exact) mass is 235 g/mol. The molecule has 1 aromatic rings. The number of amides is 1. The Morgan fingerprint density at radius 3 is 2.94 bits per heavy atom. The first-order valence-corrected chi connectivity index (χ1v) is 5.70. The van der Waals surface area contributed by atoms with Crippen LogP contribution in [-0.4, -0.2) is 24.5 Å². The lowest BCUT2D eigenvalue weighted by Crippen LogP contribution is -2.50. The molecular formula is C12H17N3O2. The van der Waals surface area contributed by atoms with E-state index in [4.69, 9.17) is 10.5 Å². The molecule has 17 heavy (non-hydrogen) atoms. The van der Waals surface area contributed by atoms with Gasteiger partial charge in [0.2, 0.25) is 11.8 Å². The van der Waals surface area contributed by atoms with Crippen molar-refractivity contribution in [3.8, 4) is 5.88 Å². The topological polar surface area (TPSA) is 77.2 Å². The first kappa shape index (κ1) is 11.9. The van der Waals surface area contributed by atoms with Crippen molar-refractivity contribution in [3.05, 3.63) is 23.9 Å². The van der Waals surface area contributed by atoms with Gasteiger partial charge in [-0.1, -0.05) is 0 Å². The Hall–Kier alpha value is -1.62. The lowest BCUT2D eigenvalue weighted by Gasteiger charge is -2.43. The van der Waals surface area contributed by atoms with Crippen molar-refractivity contribution in [1.29, 1.82) is 0 Å². The number of nitrogens with one attached hydrogen (secondary N) is 1. The molecule has 5 nitrogen and oxygen atoms in total. The van der Waals surface area contributed by atoms with Crippen LogP contribution in [0.3, 0.4) is 0 Å². The number of hydrogen-bond acceptors (Lipinski definition) is 4. The largest absolute Gasteiger partial charge is 0.481 e. The molecule has 1 aromatic heterocycles. The summed E-state index contributed by atoms with van der Waals surface area (Å²) in [5.41, 5.74) is 6.15. The number of nitrogens with zero attached hydrogens (tertiary/aromatic N) is 1. The Bertz CT molecular complexity index is 416. The summed E-state index contributed by atoms with van der Waals surface area (Å²) in [5, 5.41) is 3.24. The molecule has 3 N–H and O–H groups in total. The van der Waals surface area contributed by atoms with Crippen LogP contribution in [0.2, 0.25) is 0 Å². The van der Waals surface area contributed by atoms with E-state index in [1.165, 1.54) is 0 Å². The van der Waals surface area contributed by atoms with Gasteiger partial charge >= 0.3 is 0 Å². The molecule has 1 saturated carbocycles. The summed E-state index contributed by atoms with van der Waals surface area (Å²) in [6, 6.07) is 3.86. The molecule has 1 aliphatic carbocycles. The second kappa shape index (κ2) is 4.71. The molecule has 1 amide bonds. The van der Waals surface area contributed by atoms with Gasteiger partial charge in [-0.05, 0) is 30.9 Å². The third-order valence-electron chi connectivity index (χ3n) is 3.30. The summed E-state index contributed by atoms with van der Waals surface area (Å²) < 4.78 is 5.11. The Morgan fingerprint density at radius 1 is 1.65 bits per heavy atom. The summed E-state index contributed by atoms with van der Waals surface area (Å²) in [7, 11) is 1.59. The van der Waals surface area contributed by atoms with Crippen molar-refractivity contribution in [2.75, 3.05) is 13.7 Å². The fraction of sp³-hybridized carbons (Fsp3) is 0.500. The van der Waals surface area contributed by atoms with Crippen molar-refractivity contribution in [2.45, 2.75) is 24.8 Å². The molecule has 92 valence electrons. The molecule has 0 bridgehead atoms. The van der Waals surface area contributed by atoms with Crippen molar-refractivity contribution in [3.63, 3.8) is 0 Å². The molecule has 0 saturated heterocycles. The Balaban J connectivity index is 2.18. The molecule has 5 heteroatoms. The molecule has 0 aromatic carbocycles. The molecule has 0 atom stereocenters.